The molecule has 0 saturated carbocycles. The van der Waals surface area contributed by atoms with Gasteiger partial charge in [-0.3, -0.25) is 4.68 Å². The van der Waals surface area contributed by atoms with Crippen LogP contribution < -0.4 is 0 Å². The van der Waals surface area contributed by atoms with Gasteiger partial charge >= 0.3 is 0 Å². The van der Waals surface area contributed by atoms with Crippen molar-refractivity contribution in [3.63, 3.8) is 0 Å². The van der Waals surface area contributed by atoms with E-state index in [-0.39, 0.29) is 5.75 Å². The molecule has 3 rings (SSSR count). The molecule has 0 amide bonds. The van der Waals surface area contributed by atoms with Crippen molar-refractivity contribution in [2.45, 2.75) is 6.92 Å². The molecule has 0 spiro atoms. The smallest absolute Gasteiger partial charge is 0.125 e. The van der Waals surface area contributed by atoms with E-state index in [1.54, 1.807) is 10.7 Å². The lowest BCUT2D eigenvalue weighted by atomic mass is 9.98. The van der Waals surface area contributed by atoms with E-state index in [4.69, 9.17) is 11.6 Å². The van der Waals surface area contributed by atoms with Gasteiger partial charge in [-0.15, -0.1) is 0 Å². The number of aromatic hydroxyl groups is 1. The number of phenols is 1. The lowest BCUT2D eigenvalue weighted by Crippen LogP contribution is -1.89. The Hall–Kier alpha value is -2.52. The summed E-state index contributed by atoms with van der Waals surface area (Å²) in [5.41, 5.74) is 5.28. The summed E-state index contributed by atoms with van der Waals surface area (Å²) >= 11 is 5.95. The molecule has 2 aromatic carbocycles. The molecule has 1 N–H and O–H groups in total. The Balaban J connectivity index is 2.15. The average molecular weight is 325 g/mol. The molecule has 0 aliphatic carbocycles. The van der Waals surface area contributed by atoms with E-state index >= 15 is 0 Å². The maximum absolute atomic E-state index is 10.3. The van der Waals surface area contributed by atoms with Crippen molar-refractivity contribution >= 4 is 17.2 Å². The van der Waals surface area contributed by atoms with Crippen molar-refractivity contribution in [3.05, 3.63) is 65.8 Å². The van der Waals surface area contributed by atoms with Crippen LogP contribution in [-0.4, -0.2) is 14.9 Å². The van der Waals surface area contributed by atoms with Gasteiger partial charge in [-0.1, -0.05) is 36.4 Å². The van der Waals surface area contributed by atoms with Crippen molar-refractivity contribution in [1.29, 1.82) is 0 Å². The van der Waals surface area contributed by atoms with Gasteiger partial charge in [0, 0.05) is 29.4 Å². The molecule has 0 saturated heterocycles. The molecule has 23 heavy (non-hydrogen) atoms. The van der Waals surface area contributed by atoms with Crippen LogP contribution in [0.5, 0.6) is 5.75 Å². The van der Waals surface area contributed by atoms with Gasteiger partial charge in [0.25, 0.3) is 0 Å². The van der Waals surface area contributed by atoms with Crippen LogP contribution in [0.25, 0.3) is 28.0 Å². The normalized spacial score (nSPS) is 10.7. The van der Waals surface area contributed by atoms with E-state index in [0.717, 1.165) is 28.0 Å². The summed E-state index contributed by atoms with van der Waals surface area (Å²) in [6.07, 6.45) is 1.91. The first-order valence-electron chi connectivity index (χ1n) is 7.24. The lowest BCUT2D eigenvalue weighted by Gasteiger charge is -2.08. The highest BCUT2D eigenvalue weighted by atomic mass is 35.5. The largest absolute Gasteiger partial charge is 0.507 e. The minimum absolute atomic E-state index is 0.198. The summed E-state index contributed by atoms with van der Waals surface area (Å²) in [7, 11) is 1.86. The second-order valence-corrected chi connectivity index (χ2v) is 6.02. The highest BCUT2D eigenvalue weighted by molar-refractivity contribution is 6.30. The van der Waals surface area contributed by atoms with Crippen LogP contribution >= 0.6 is 11.6 Å². The predicted octanol–water partition coefficient (Wildman–Crippen LogP) is 5.15. The highest BCUT2D eigenvalue weighted by Crippen LogP contribution is 2.36. The first kappa shape index (κ1) is 15.4. The maximum Gasteiger partial charge on any atom is 0.125 e. The SMILES string of the molecule is C=C(C)c1cn(C)nc1-c1cc(-c2ccc(Cl)cc2)ccc1O. The Bertz CT molecular complexity index is 879. The molecule has 3 aromatic rings. The molecule has 0 aliphatic heterocycles. The van der Waals surface area contributed by atoms with Gasteiger partial charge in [0.2, 0.25) is 0 Å². The summed E-state index contributed by atoms with van der Waals surface area (Å²) in [4.78, 5) is 0. The summed E-state index contributed by atoms with van der Waals surface area (Å²) in [5.74, 6) is 0.198. The van der Waals surface area contributed by atoms with Crippen LogP contribution in [0.3, 0.4) is 0 Å². The Morgan fingerprint density at radius 3 is 2.43 bits per heavy atom. The predicted molar refractivity (Wildman–Crippen MR) is 95.5 cm³/mol. The van der Waals surface area contributed by atoms with Gasteiger partial charge in [-0.05, 0) is 47.9 Å². The minimum atomic E-state index is 0.198. The van der Waals surface area contributed by atoms with Crippen LogP contribution in [0, 0.1) is 0 Å². The third-order valence-electron chi connectivity index (χ3n) is 3.72. The van der Waals surface area contributed by atoms with Gasteiger partial charge in [0.15, 0.2) is 0 Å². The van der Waals surface area contributed by atoms with Crippen molar-refractivity contribution in [2.24, 2.45) is 7.05 Å². The molecule has 0 radical (unpaired) electrons. The first-order chi connectivity index (χ1) is 11.0. The Morgan fingerprint density at radius 2 is 1.78 bits per heavy atom. The number of nitrogens with zero attached hydrogens (tertiary/aromatic N) is 2. The summed E-state index contributed by atoms with van der Waals surface area (Å²) in [6.45, 7) is 5.93. The maximum atomic E-state index is 10.3. The minimum Gasteiger partial charge on any atom is -0.507 e. The van der Waals surface area contributed by atoms with Gasteiger partial charge < -0.3 is 5.11 Å². The van der Waals surface area contributed by atoms with Crippen LogP contribution in [0.4, 0.5) is 0 Å². The van der Waals surface area contributed by atoms with E-state index in [2.05, 4.69) is 11.7 Å². The number of phenolic OH excluding ortho intramolecular Hbond substituents is 1. The van der Waals surface area contributed by atoms with Crippen LogP contribution in [0.1, 0.15) is 12.5 Å². The molecule has 3 nitrogen and oxygen atoms in total. The van der Waals surface area contributed by atoms with Gasteiger partial charge in [-0.25, -0.2) is 0 Å². The van der Waals surface area contributed by atoms with Crippen LogP contribution in [0.2, 0.25) is 5.02 Å². The van der Waals surface area contributed by atoms with E-state index in [1.165, 1.54) is 0 Å². The van der Waals surface area contributed by atoms with Gasteiger partial charge in [0.05, 0.1) is 0 Å². The zero-order valence-corrected chi connectivity index (χ0v) is 13.8. The molecule has 0 fully saturated rings. The van der Waals surface area contributed by atoms with Gasteiger partial charge in [0.1, 0.15) is 11.4 Å². The Morgan fingerprint density at radius 1 is 1.13 bits per heavy atom. The number of aryl methyl sites for hydroxylation is 1. The summed E-state index contributed by atoms with van der Waals surface area (Å²) in [5, 5.41) is 15.5. The third kappa shape index (κ3) is 3.01. The third-order valence-corrected chi connectivity index (χ3v) is 3.97. The van der Waals surface area contributed by atoms with Gasteiger partial charge in [-0.2, -0.15) is 5.10 Å². The fourth-order valence-corrected chi connectivity index (χ4v) is 2.67. The Labute approximate surface area is 140 Å². The molecule has 1 heterocycles. The number of halogens is 1. The average Bonchev–Trinajstić information content (AvgIpc) is 2.91. The fourth-order valence-electron chi connectivity index (χ4n) is 2.55. The summed E-state index contributed by atoms with van der Waals surface area (Å²) < 4.78 is 1.73. The Kier molecular flexibility index (Phi) is 3.97. The number of allylic oxidation sites excluding steroid dienone is 1. The first-order valence-corrected chi connectivity index (χ1v) is 7.62. The molecule has 0 aliphatic rings. The van der Waals surface area contributed by atoms with Crippen LogP contribution in [0.15, 0.2) is 55.2 Å². The van der Waals surface area contributed by atoms with Crippen LogP contribution in [-0.2, 0) is 7.05 Å². The number of aromatic nitrogens is 2. The second kappa shape index (κ2) is 5.94. The zero-order valence-electron chi connectivity index (χ0n) is 13.0. The number of benzene rings is 2. The van der Waals surface area contributed by atoms with E-state index in [1.807, 2.05) is 56.6 Å². The fraction of sp³-hybridized carbons (Fsp3) is 0.105. The van der Waals surface area contributed by atoms with Crippen molar-refractivity contribution in [1.82, 2.24) is 9.78 Å². The molecular weight excluding hydrogens is 308 g/mol. The monoisotopic (exact) mass is 324 g/mol. The van der Waals surface area contributed by atoms with Crippen molar-refractivity contribution < 1.29 is 5.11 Å². The topological polar surface area (TPSA) is 38.0 Å². The molecule has 1 aromatic heterocycles. The lowest BCUT2D eigenvalue weighted by molar-refractivity contribution is 0.477. The van der Waals surface area contributed by atoms with E-state index in [9.17, 15) is 5.11 Å². The van der Waals surface area contributed by atoms with E-state index < -0.39 is 0 Å². The quantitative estimate of drug-likeness (QED) is 0.723. The molecular formula is C19H17ClN2O. The molecule has 4 heteroatoms. The second-order valence-electron chi connectivity index (χ2n) is 5.58. The number of hydrogen-bond donors (Lipinski definition) is 1. The van der Waals surface area contributed by atoms with Crippen molar-refractivity contribution in [3.8, 4) is 28.1 Å². The zero-order chi connectivity index (χ0) is 16.6. The van der Waals surface area contributed by atoms with Crippen molar-refractivity contribution in [2.75, 3.05) is 0 Å². The summed E-state index contributed by atoms with van der Waals surface area (Å²) in [6, 6.07) is 13.1. The number of hydrogen-bond acceptors (Lipinski definition) is 2. The number of rotatable bonds is 3. The van der Waals surface area contributed by atoms with E-state index in [0.29, 0.717) is 10.6 Å². The molecule has 0 atom stereocenters. The molecule has 116 valence electrons. The molecule has 0 bridgehead atoms. The standard InChI is InChI=1S/C19H17ClN2O/c1-12(2)17-11-22(3)21-19(17)16-10-14(6-9-18(16)23)13-4-7-15(20)8-5-13/h4-11,23H,1H2,2-3H3. The highest BCUT2D eigenvalue weighted by Gasteiger charge is 2.15. The molecule has 0 unspecified atom stereocenters.